The van der Waals surface area contributed by atoms with E-state index in [-0.39, 0.29) is 21.1 Å². The van der Waals surface area contributed by atoms with Crippen molar-refractivity contribution in [1.82, 2.24) is 4.98 Å². The molecular formula is C26H23NO4S. The van der Waals surface area contributed by atoms with Gasteiger partial charge in [0.05, 0.1) is 28.0 Å². The second-order valence-electron chi connectivity index (χ2n) is 7.83. The van der Waals surface area contributed by atoms with Gasteiger partial charge in [-0.25, -0.2) is 8.42 Å². The quantitative estimate of drug-likeness (QED) is 0.393. The highest BCUT2D eigenvalue weighted by atomic mass is 32.2. The maximum absolute atomic E-state index is 13.8. The van der Waals surface area contributed by atoms with Gasteiger partial charge in [0, 0.05) is 17.1 Å². The first-order valence-electron chi connectivity index (χ1n) is 10.1. The van der Waals surface area contributed by atoms with Crippen LogP contribution in [0.3, 0.4) is 0 Å². The van der Waals surface area contributed by atoms with E-state index < -0.39 is 9.84 Å². The zero-order valence-electron chi connectivity index (χ0n) is 18.3. The number of methoxy groups -OCH3 is 1. The fraction of sp³-hybridized carbons (Fsp3) is 0.154. The van der Waals surface area contributed by atoms with Gasteiger partial charge in [0.2, 0.25) is 9.84 Å². The minimum Gasteiger partial charge on any atom is -0.497 e. The maximum Gasteiger partial charge on any atom is 0.208 e. The summed E-state index contributed by atoms with van der Waals surface area (Å²) in [6.07, 6.45) is 1.37. The van der Waals surface area contributed by atoms with E-state index in [0.717, 1.165) is 16.7 Å². The molecule has 0 N–H and O–H groups in total. The molecule has 1 aromatic heterocycles. The first-order valence-corrected chi connectivity index (χ1v) is 11.6. The van der Waals surface area contributed by atoms with Gasteiger partial charge in [0.1, 0.15) is 5.75 Å². The molecule has 0 aliphatic carbocycles. The van der Waals surface area contributed by atoms with Gasteiger partial charge in [-0.1, -0.05) is 23.8 Å². The molecule has 0 amide bonds. The fourth-order valence-corrected chi connectivity index (χ4v) is 5.26. The fourth-order valence-electron chi connectivity index (χ4n) is 3.64. The Kier molecular flexibility index (Phi) is 5.57. The number of carbonyl (C=O) groups is 1. The van der Waals surface area contributed by atoms with Crippen molar-refractivity contribution in [2.24, 2.45) is 0 Å². The smallest absolute Gasteiger partial charge is 0.208 e. The zero-order valence-corrected chi connectivity index (χ0v) is 19.2. The normalized spacial score (nSPS) is 11.5. The van der Waals surface area contributed by atoms with Crippen LogP contribution in [0.25, 0.3) is 10.9 Å². The third-order valence-corrected chi connectivity index (χ3v) is 7.50. The molecule has 0 aliphatic heterocycles. The molecule has 4 aromatic rings. The molecule has 1 heterocycles. The highest BCUT2D eigenvalue weighted by Crippen LogP contribution is 2.33. The summed E-state index contributed by atoms with van der Waals surface area (Å²) in [5.74, 6) is 0.168. The Morgan fingerprint density at radius 1 is 0.875 bits per heavy atom. The Morgan fingerprint density at radius 3 is 2.25 bits per heavy atom. The van der Waals surface area contributed by atoms with E-state index in [1.807, 2.05) is 32.9 Å². The molecule has 6 heteroatoms. The average Bonchev–Trinajstić information content (AvgIpc) is 2.79. The Morgan fingerprint density at radius 2 is 1.59 bits per heavy atom. The molecule has 162 valence electrons. The summed E-state index contributed by atoms with van der Waals surface area (Å²) < 4.78 is 32.8. The van der Waals surface area contributed by atoms with E-state index >= 15 is 0 Å². The molecule has 0 saturated carbocycles. The van der Waals surface area contributed by atoms with E-state index in [1.54, 1.807) is 36.4 Å². The molecule has 0 saturated heterocycles. The molecule has 0 unspecified atom stereocenters. The van der Waals surface area contributed by atoms with Crippen LogP contribution in [0.15, 0.2) is 76.7 Å². The topological polar surface area (TPSA) is 73.3 Å². The number of carbonyl (C=O) groups excluding carboxylic acids is 1. The van der Waals surface area contributed by atoms with E-state index in [2.05, 4.69) is 4.98 Å². The number of hydrogen-bond acceptors (Lipinski definition) is 5. The standard InChI is InChI=1S/C26H23NO4S/c1-16-5-12-24-22(13-16)26(32(29,30)21-10-8-20(31-4)9-11-21)23(15-27-24)25(28)19-7-6-17(2)18(3)14-19/h5-15H,1-4H3. The highest BCUT2D eigenvalue weighted by Gasteiger charge is 2.28. The molecule has 5 nitrogen and oxygen atoms in total. The number of pyridine rings is 1. The van der Waals surface area contributed by atoms with Crippen molar-refractivity contribution in [3.8, 4) is 5.75 Å². The summed E-state index contributed by atoms with van der Waals surface area (Å²) in [6, 6.07) is 16.9. The van der Waals surface area contributed by atoms with Crippen LogP contribution in [0.4, 0.5) is 0 Å². The number of ether oxygens (including phenoxy) is 1. The van der Waals surface area contributed by atoms with Crippen molar-refractivity contribution in [3.05, 3.63) is 94.7 Å². The number of nitrogens with zero attached hydrogens (tertiary/aromatic N) is 1. The predicted octanol–water partition coefficient (Wildman–Crippen LogP) is 5.23. The van der Waals surface area contributed by atoms with Crippen LogP contribution in [0.2, 0.25) is 0 Å². The summed E-state index contributed by atoms with van der Waals surface area (Å²) in [4.78, 5) is 18.0. The second-order valence-corrected chi connectivity index (χ2v) is 9.72. The molecular weight excluding hydrogens is 422 g/mol. The summed E-state index contributed by atoms with van der Waals surface area (Å²) in [6.45, 7) is 5.76. The second kappa shape index (κ2) is 8.20. The molecule has 32 heavy (non-hydrogen) atoms. The van der Waals surface area contributed by atoms with Crippen molar-refractivity contribution in [2.75, 3.05) is 7.11 Å². The van der Waals surface area contributed by atoms with Crippen molar-refractivity contribution >= 4 is 26.5 Å². The lowest BCUT2D eigenvalue weighted by molar-refractivity contribution is 0.103. The molecule has 0 aliphatic rings. The van der Waals surface area contributed by atoms with E-state index in [1.165, 1.54) is 25.4 Å². The van der Waals surface area contributed by atoms with E-state index in [0.29, 0.717) is 22.2 Å². The summed E-state index contributed by atoms with van der Waals surface area (Å²) in [7, 11) is -2.51. The number of benzene rings is 3. The minimum atomic E-state index is -4.03. The number of aromatic nitrogens is 1. The minimum absolute atomic E-state index is 0.0282. The molecule has 0 fully saturated rings. The Hall–Kier alpha value is -3.51. The van der Waals surface area contributed by atoms with Gasteiger partial charge < -0.3 is 4.74 Å². The van der Waals surface area contributed by atoms with Gasteiger partial charge in [-0.05, 0) is 74.4 Å². The van der Waals surface area contributed by atoms with Gasteiger partial charge in [-0.3, -0.25) is 9.78 Å². The lowest BCUT2D eigenvalue weighted by Crippen LogP contribution is -2.13. The third-order valence-electron chi connectivity index (χ3n) is 5.63. The van der Waals surface area contributed by atoms with Crippen LogP contribution in [0.1, 0.15) is 32.6 Å². The van der Waals surface area contributed by atoms with Gasteiger partial charge in [-0.15, -0.1) is 0 Å². The lowest BCUT2D eigenvalue weighted by Gasteiger charge is -2.14. The summed E-state index contributed by atoms with van der Waals surface area (Å²) in [5, 5.41) is 0.426. The first kappa shape index (κ1) is 21.7. The maximum atomic E-state index is 13.8. The largest absolute Gasteiger partial charge is 0.497 e. The van der Waals surface area contributed by atoms with Crippen molar-refractivity contribution in [3.63, 3.8) is 0 Å². The number of sulfone groups is 1. The number of rotatable bonds is 5. The van der Waals surface area contributed by atoms with Gasteiger partial charge >= 0.3 is 0 Å². The Labute approximate surface area is 187 Å². The summed E-state index contributed by atoms with van der Waals surface area (Å²) in [5.41, 5.74) is 3.88. The van der Waals surface area contributed by atoms with Crippen molar-refractivity contribution in [2.45, 2.75) is 30.6 Å². The SMILES string of the molecule is COc1ccc(S(=O)(=O)c2c(C(=O)c3ccc(C)c(C)c3)cnc3ccc(C)cc23)cc1. The predicted molar refractivity (Wildman–Crippen MR) is 124 cm³/mol. The van der Waals surface area contributed by atoms with Crippen LogP contribution >= 0.6 is 0 Å². The third kappa shape index (κ3) is 3.78. The van der Waals surface area contributed by atoms with Crippen LogP contribution in [0.5, 0.6) is 5.75 Å². The van der Waals surface area contributed by atoms with Gasteiger partial charge in [0.25, 0.3) is 0 Å². The van der Waals surface area contributed by atoms with Crippen molar-refractivity contribution < 1.29 is 17.9 Å². The first-order chi connectivity index (χ1) is 15.2. The average molecular weight is 446 g/mol. The van der Waals surface area contributed by atoms with Gasteiger partial charge in [-0.2, -0.15) is 0 Å². The zero-order chi connectivity index (χ0) is 23.0. The Balaban J connectivity index is 2.01. The molecule has 3 aromatic carbocycles. The van der Waals surface area contributed by atoms with Gasteiger partial charge in [0.15, 0.2) is 5.78 Å². The number of hydrogen-bond donors (Lipinski definition) is 0. The molecule has 0 bridgehead atoms. The Bertz CT molecular complexity index is 1460. The summed E-state index contributed by atoms with van der Waals surface area (Å²) >= 11 is 0. The lowest BCUT2D eigenvalue weighted by atomic mass is 9.99. The van der Waals surface area contributed by atoms with E-state index in [4.69, 9.17) is 4.74 Å². The monoisotopic (exact) mass is 445 g/mol. The number of aryl methyl sites for hydroxylation is 3. The number of fused-ring (bicyclic) bond motifs is 1. The highest BCUT2D eigenvalue weighted by molar-refractivity contribution is 7.91. The molecule has 4 rings (SSSR count). The number of ketones is 1. The van der Waals surface area contributed by atoms with Crippen LogP contribution in [-0.2, 0) is 9.84 Å². The molecule has 0 spiro atoms. The van der Waals surface area contributed by atoms with Crippen molar-refractivity contribution in [1.29, 1.82) is 0 Å². The van der Waals surface area contributed by atoms with Crippen LogP contribution < -0.4 is 4.74 Å². The van der Waals surface area contributed by atoms with Crippen LogP contribution in [0, 0.1) is 20.8 Å². The molecule has 0 atom stereocenters. The van der Waals surface area contributed by atoms with E-state index in [9.17, 15) is 13.2 Å². The molecule has 0 radical (unpaired) electrons. The van der Waals surface area contributed by atoms with Crippen LogP contribution in [-0.4, -0.2) is 26.3 Å².